The zero-order valence-electron chi connectivity index (χ0n) is 9.93. The summed E-state index contributed by atoms with van der Waals surface area (Å²) < 4.78 is 0. The van der Waals surface area contributed by atoms with E-state index in [9.17, 15) is 0 Å². The van der Waals surface area contributed by atoms with E-state index in [2.05, 4.69) is 30.1 Å². The molecule has 0 aliphatic carbocycles. The van der Waals surface area contributed by atoms with Gasteiger partial charge in [0.2, 0.25) is 0 Å². The molecule has 1 atom stereocenters. The zero-order chi connectivity index (χ0) is 12.3. The molecule has 3 nitrogen and oxygen atoms in total. The Balaban J connectivity index is 2.14. The number of anilines is 1. The van der Waals surface area contributed by atoms with Crippen LogP contribution in [-0.2, 0) is 6.42 Å². The molecule has 0 bridgehead atoms. The van der Waals surface area contributed by atoms with Crippen molar-refractivity contribution in [1.82, 2.24) is 4.98 Å². The highest BCUT2D eigenvalue weighted by Gasteiger charge is 2.07. The second kappa shape index (κ2) is 4.97. The van der Waals surface area contributed by atoms with Gasteiger partial charge in [0.1, 0.15) is 5.82 Å². The monoisotopic (exact) mass is 227 g/mol. The third kappa shape index (κ3) is 3.04. The minimum Gasteiger partial charge on any atom is -0.384 e. The summed E-state index contributed by atoms with van der Waals surface area (Å²) in [6.45, 7) is 2.07. The van der Waals surface area contributed by atoms with Gasteiger partial charge in [-0.25, -0.2) is 4.98 Å². The first-order chi connectivity index (χ1) is 8.15. The van der Waals surface area contributed by atoms with Crippen LogP contribution in [-0.4, -0.2) is 4.98 Å². The number of hydrogen-bond acceptors (Lipinski definition) is 3. The number of hydrogen-bond donors (Lipinski definition) is 2. The molecular formula is C14H17N3. The number of aromatic nitrogens is 1. The van der Waals surface area contributed by atoms with Crippen molar-refractivity contribution in [2.24, 2.45) is 5.73 Å². The maximum atomic E-state index is 6.18. The Morgan fingerprint density at radius 2 is 2.06 bits per heavy atom. The van der Waals surface area contributed by atoms with E-state index in [1.165, 1.54) is 5.56 Å². The van der Waals surface area contributed by atoms with E-state index in [1.54, 1.807) is 6.20 Å². The van der Waals surface area contributed by atoms with Gasteiger partial charge in [-0.05, 0) is 36.6 Å². The van der Waals surface area contributed by atoms with Gasteiger partial charge in [0, 0.05) is 12.2 Å². The van der Waals surface area contributed by atoms with Crippen LogP contribution < -0.4 is 11.5 Å². The zero-order valence-corrected chi connectivity index (χ0v) is 9.93. The van der Waals surface area contributed by atoms with Gasteiger partial charge in [-0.15, -0.1) is 0 Å². The van der Waals surface area contributed by atoms with Crippen LogP contribution in [0, 0.1) is 6.92 Å². The Bertz CT molecular complexity index is 508. The number of pyridine rings is 1. The highest BCUT2D eigenvalue weighted by atomic mass is 14.8. The van der Waals surface area contributed by atoms with E-state index >= 15 is 0 Å². The smallest absolute Gasteiger partial charge is 0.123 e. The molecule has 0 aliphatic heterocycles. The van der Waals surface area contributed by atoms with E-state index < -0.39 is 0 Å². The van der Waals surface area contributed by atoms with Gasteiger partial charge in [0.15, 0.2) is 0 Å². The van der Waals surface area contributed by atoms with Crippen molar-refractivity contribution < 1.29 is 0 Å². The molecule has 0 saturated carbocycles. The van der Waals surface area contributed by atoms with Crippen LogP contribution in [0.1, 0.15) is 22.7 Å². The molecule has 17 heavy (non-hydrogen) atoms. The lowest BCUT2D eigenvalue weighted by molar-refractivity contribution is 0.720. The van der Waals surface area contributed by atoms with E-state index in [0.29, 0.717) is 5.82 Å². The molecule has 0 spiro atoms. The van der Waals surface area contributed by atoms with Crippen molar-refractivity contribution in [2.45, 2.75) is 19.4 Å². The molecule has 2 rings (SSSR count). The predicted molar refractivity (Wildman–Crippen MR) is 70.5 cm³/mol. The van der Waals surface area contributed by atoms with Crippen molar-refractivity contribution in [3.05, 3.63) is 59.3 Å². The normalized spacial score (nSPS) is 12.4. The Morgan fingerprint density at radius 3 is 2.76 bits per heavy atom. The first-order valence-electron chi connectivity index (χ1n) is 5.68. The Labute approximate surface area is 101 Å². The molecule has 1 aromatic carbocycles. The van der Waals surface area contributed by atoms with E-state index in [-0.39, 0.29) is 6.04 Å². The van der Waals surface area contributed by atoms with Crippen LogP contribution in [0.3, 0.4) is 0 Å². The average Bonchev–Trinajstić information content (AvgIpc) is 2.29. The van der Waals surface area contributed by atoms with Crippen LogP contribution in [0.2, 0.25) is 0 Å². The van der Waals surface area contributed by atoms with E-state index in [0.717, 1.165) is 17.5 Å². The summed E-state index contributed by atoms with van der Waals surface area (Å²) in [5.41, 5.74) is 15.3. The van der Waals surface area contributed by atoms with Gasteiger partial charge in [0.05, 0.1) is 0 Å². The summed E-state index contributed by atoms with van der Waals surface area (Å²) in [7, 11) is 0. The summed E-state index contributed by atoms with van der Waals surface area (Å²) in [5.74, 6) is 0.541. The van der Waals surface area contributed by atoms with E-state index in [1.807, 2.05) is 18.2 Å². The average molecular weight is 227 g/mol. The number of aryl methyl sites for hydroxylation is 1. The number of benzene rings is 1. The lowest BCUT2D eigenvalue weighted by Gasteiger charge is -2.13. The first kappa shape index (κ1) is 11.6. The third-order valence-electron chi connectivity index (χ3n) is 2.77. The summed E-state index contributed by atoms with van der Waals surface area (Å²) in [6, 6.07) is 12.1. The van der Waals surface area contributed by atoms with Gasteiger partial charge >= 0.3 is 0 Å². The van der Waals surface area contributed by atoms with Crippen LogP contribution in [0.4, 0.5) is 5.82 Å². The van der Waals surface area contributed by atoms with Gasteiger partial charge < -0.3 is 11.5 Å². The van der Waals surface area contributed by atoms with Crippen LogP contribution >= 0.6 is 0 Å². The summed E-state index contributed by atoms with van der Waals surface area (Å²) in [4.78, 5) is 3.97. The number of nitrogen functional groups attached to an aromatic ring is 1. The van der Waals surface area contributed by atoms with Crippen molar-refractivity contribution in [1.29, 1.82) is 0 Å². The SMILES string of the molecule is Cc1cccc(C(N)Cc2ccnc(N)c2)c1. The van der Waals surface area contributed by atoms with Gasteiger partial charge in [-0.1, -0.05) is 29.8 Å². The number of nitrogens with two attached hydrogens (primary N) is 2. The van der Waals surface area contributed by atoms with Crippen molar-refractivity contribution >= 4 is 5.82 Å². The predicted octanol–water partition coefficient (Wildman–Crippen LogP) is 2.21. The Hall–Kier alpha value is -1.87. The lowest BCUT2D eigenvalue weighted by Crippen LogP contribution is -2.13. The van der Waals surface area contributed by atoms with Crippen LogP contribution in [0.25, 0.3) is 0 Å². The molecule has 1 heterocycles. The first-order valence-corrected chi connectivity index (χ1v) is 5.68. The maximum Gasteiger partial charge on any atom is 0.123 e. The van der Waals surface area contributed by atoms with Crippen molar-refractivity contribution in [3.8, 4) is 0 Å². The Kier molecular flexibility index (Phi) is 3.40. The summed E-state index contributed by atoms with van der Waals surface area (Å²) >= 11 is 0. The lowest BCUT2D eigenvalue weighted by atomic mass is 9.99. The molecule has 0 aliphatic rings. The minimum atomic E-state index is -0.00306. The highest BCUT2D eigenvalue weighted by molar-refractivity contribution is 5.33. The molecule has 0 radical (unpaired) electrons. The van der Waals surface area contributed by atoms with Crippen molar-refractivity contribution in [2.75, 3.05) is 5.73 Å². The minimum absolute atomic E-state index is 0.00306. The van der Waals surface area contributed by atoms with E-state index in [4.69, 9.17) is 11.5 Å². The fourth-order valence-corrected chi connectivity index (χ4v) is 1.89. The van der Waals surface area contributed by atoms with Gasteiger partial charge in [0.25, 0.3) is 0 Å². The molecule has 0 amide bonds. The van der Waals surface area contributed by atoms with Crippen LogP contribution in [0.5, 0.6) is 0 Å². The van der Waals surface area contributed by atoms with Gasteiger partial charge in [-0.2, -0.15) is 0 Å². The molecule has 0 fully saturated rings. The van der Waals surface area contributed by atoms with Crippen molar-refractivity contribution in [3.63, 3.8) is 0 Å². The maximum absolute atomic E-state index is 6.18. The molecule has 1 unspecified atom stereocenters. The molecule has 2 aromatic rings. The fraction of sp³-hybridized carbons (Fsp3) is 0.214. The molecule has 88 valence electrons. The number of rotatable bonds is 3. The molecule has 4 N–H and O–H groups in total. The standard InChI is InChI=1S/C14H17N3/c1-10-3-2-4-12(7-10)13(15)8-11-5-6-17-14(16)9-11/h2-7,9,13H,8,15H2,1H3,(H2,16,17). The molecule has 1 aromatic heterocycles. The quantitative estimate of drug-likeness (QED) is 0.845. The van der Waals surface area contributed by atoms with Crippen LogP contribution in [0.15, 0.2) is 42.6 Å². The third-order valence-corrected chi connectivity index (χ3v) is 2.77. The fourth-order valence-electron chi connectivity index (χ4n) is 1.89. The highest BCUT2D eigenvalue weighted by Crippen LogP contribution is 2.17. The number of nitrogens with zero attached hydrogens (tertiary/aromatic N) is 1. The second-order valence-electron chi connectivity index (χ2n) is 4.31. The molecular weight excluding hydrogens is 210 g/mol. The summed E-state index contributed by atoms with van der Waals surface area (Å²) in [6.07, 6.45) is 2.49. The molecule has 3 heteroatoms. The topological polar surface area (TPSA) is 64.9 Å². The molecule has 0 saturated heterocycles. The summed E-state index contributed by atoms with van der Waals surface area (Å²) in [5, 5.41) is 0. The second-order valence-corrected chi connectivity index (χ2v) is 4.31. The van der Waals surface area contributed by atoms with Gasteiger partial charge in [-0.3, -0.25) is 0 Å². The Morgan fingerprint density at radius 1 is 1.24 bits per heavy atom. The largest absolute Gasteiger partial charge is 0.384 e.